The zero-order valence-corrected chi connectivity index (χ0v) is 7.92. The third kappa shape index (κ3) is 1.97. The molecule has 2 aliphatic heterocycles. The number of rotatable bonds is 2. The van der Waals surface area contributed by atoms with Gasteiger partial charge in [-0.2, -0.15) is 0 Å². The van der Waals surface area contributed by atoms with Gasteiger partial charge in [0.15, 0.2) is 0 Å². The highest BCUT2D eigenvalue weighted by Crippen LogP contribution is 2.14. The molecule has 2 saturated heterocycles. The molecule has 2 aliphatic rings. The lowest BCUT2D eigenvalue weighted by atomic mass is 10.0. The van der Waals surface area contributed by atoms with E-state index in [1.54, 1.807) is 0 Å². The first-order valence-electron chi connectivity index (χ1n) is 4.96. The Labute approximate surface area is 74.7 Å². The van der Waals surface area contributed by atoms with Gasteiger partial charge in [0.25, 0.3) is 0 Å². The van der Waals surface area contributed by atoms with E-state index in [1.807, 2.05) is 0 Å². The van der Waals surface area contributed by atoms with Crippen LogP contribution in [0.15, 0.2) is 0 Å². The standard InChI is InChI=1S/C9H19N3/c1-11-6-9(7-11)8-12-4-2-10-3-5-12/h9-10H,2-8H2,1H3. The Balaban J connectivity index is 1.65. The van der Waals surface area contributed by atoms with E-state index in [1.165, 1.54) is 45.8 Å². The second-order valence-corrected chi connectivity index (χ2v) is 4.14. The van der Waals surface area contributed by atoms with E-state index in [0.717, 1.165) is 5.92 Å². The molecule has 12 heavy (non-hydrogen) atoms. The first kappa shape index (κ1) is 8.48. The summed E-state index contributed by atoms with van der Waals surface area (Å²) in [4.78, 5) is 4.99. The fourth-order valence-corrected chi connectivity index (χ4v) is 2.20. The minimum absolute atomic E-state index is 0.952. The maximum atomic E-state index is 3.38. The molecule has 70 valence electrons. The van der Waals surface area contributed by atoms with Gasteiger partial charge < -0.3 is 15.1 Å². The van der Waals surface area contributed by atoms with Crippen LogP contribution in [0.4, 0.5) is 0 Å². The molecule has 2 rings (SSSR count). The molecule has 0 spiro atoms. The van der Waals surface area contributed by atoms with Gasteiger partial charge in [0, 0.05) is 45.8 Å². The summed E-state index contributed by atoms with van der Waals surface area (Å²) in [6.45, 7) is 8.81. The highest BCUT2D eigenvalue weighted by Gasteiger charge is 2.25. The average Bonchev–Trinajstić information content (AvgIpc) is 2.04. The Bertz CT molecular complexity index is 137. The molecule has 0 aromatic carbocycles. The molecule has 0 amide bonds. The van der Waals surface area contributed by atoms with Crippen LogP contribution in [0.3, 0.4) is 0 Å². The van der Waals surface area contributed by atoms with E-state index in [-0.39, 0.29) is 0 Å². The second kappa shape index (κ2) is 3.73. The van der Waals surface area contributed by atoms with Gasteiger partial charge in [-0.25, -0.2) is 0 Å². The maximum absolute atomic E-state index is 3.38. The van der Waals surface area contributed by atoms with Gasteiger partial charge in [-0.3, -0.25) is 0 Å². The molecule has 0 aromatic rings. The van der Waals surface area contributed by atoms with Crippen molar-refractivity contribution in [2.75, 3.05) is 52.9 Å². The Kier molecular flexibility index (Phi) is 2.63. The molecule has 0 atom stereocenters. The van der Waals surface area contributed by atoms with E-state index in [4.69, 9.17) is 0 Å². The van der Waals surface area contributed by atoms with Crippen molar-refractivity contribution in [3.63, 3.8) is 0 Å². The van der Waals surface area contributed by atoms with Gasteiger partial charge in [0.05, 0.1) is 0 Å². The molecule has 2 heterocycles. The quantitative estimate of drug-likeness (QED) is 0.598. The highest BCUT2D eigenvalue weighted by atomic mass is 15.2. The number of likely N-dealkylation sites (tertiary alicyclic amines) is 1. The lowest BCUT2D eigenvalue weighted by Crippen LogP contribution is -2.52. The molecule has 0 bridgehead atoms. The largest absolute Gasteiger partial charge is 0.314 e. The summed E-state index contributed by atoms with van der Waals surface area (Å²) in [6, 6.07) is 0. The van der Waals surface area contributed by atoms with Gasteiger partial charge in [0.2, 0.25) is 0 Å². The summed E-state index contributed by atoms with van der Waals surface area (Å²) in [7, 11) is 2.20. The van der Waals surface area contributed by atoms with Crippen molar-refractivity contribution in [3.8, 4) is 0 Å². The normalized spacial score (nSPS) is 28.8. The first-order valence-corrected chi connectivity index (χ1v) is 4.96. The predicted octanol–water partition coefficient (Wildman–Crippen LogP) is -0.547. The van der Waals surface area contributed by atoms with Gasteiger partial charge >= 0.3 is 0 Å². The van der Waals surface area contributed by atoms with E-state index >= 15 is 0 Å². The highest BCUT2D eigenvalue weighted by molar-refractivity contribution is 4.81. The number of hydrogen-bond acceptors (Lipinski definition) is 3. The monoisotopic (exact) mass is 169 g/mol. The van der Waals surface area contributed by atoms with Crippen LogP contribution in [0, 0.1) is 5.92 Å². The van der Waals surface area contributed by atoms with E-state index in [0.29, 0.717) is 0 Å². The molecule has 0 aliphatic carbocycles. The van der Waals surface area contributed by atoms with Gasteiger partial charge in [-0.1, -0.05) is 0 Å². The van der Waals surface area contributed by atoms with Crippen LogP contribution in [-0.2, 0) is 0 Å². The topological polar surface area (TPSA) is 18.5 Å². The average molecular weight is 169 g/mol. The fourth-order valence-electron chi connectivity index (χ4n) is 2.20. The van der Waals surface area contributed by atoms with Crippen molar-refractivity contribution in [2.24, 2.45) is 5.92 Å². The third-order valence-corrected chi connectivity index (χ3v) is 2.87. The van der Waals surface area contributed by atoms with Crippen LogP contribution in [0.2, 0.25) is 0 Å². The van der Waals surface area contributed by atoms with Crippen molar-refractivity contribution < 1.29 is 0 Å². The van der Waals surface area contributed by atoms with Crippen molar-refractivity contribution in [1.29, 1.82) is 0 Å². The van der Waals surface area contributed by atoms with E-state index < -0.39 is 0 Å². The molecule has 0 unspecified atom stereocenters. The maximum Gasteiger partial charge on any atom is 0.0108 e. The summed E-state index contributed by atoms with van der Waals surface area (Å²) in [5, 5.41) is 3.38. The van der Waals surface area contributed by atoms with Gasteiger partial charge in [-0.05, 0) is 13.0 Å². The molecule has 3 nitrogen and oxygen atoms in total. The van der Waals surface area contributed by atoms with Crippen LogP contribution >= 0.6 is 0 Å². The van der Waals surface area contributed by atoms with Gasteiger partial charge in [0.1, 0.15) is 0 Å². The molecule has 0 radical (unpaired) electrons. The lowest BCUT2D eigenvalue weighted by Gasteiger charge is -2.40. The van der Waals surface area contributed by atoms with Crippen LogP contribution < -0.4 is 5.32 Å². The Morgan fingerprint density at radius 3 is 2.50 bits per heavy atom. The van der Waals surface area contributed by atoms with E-state index in [2.05, 4.69) is 22.2 Å². The zero-order chi connectivity index (χ0) is 8.39. The molecule has 1 N–H and O–H groups in total. The lowest BCUT2D eigenvalue weighted by molar-refractivity contribution is 0.0856. The molecular formula is C9H19N3. The van der Waals surface area contributed by atoms with Crippen LogP contribution in [0.5, 0.6) is 0 Å². The molecule has 3 heteroatoms. The van der Waals surface area contributed by atoms with Crippen molar-refractivity contribution in [3.05, 3.63) is 0 Å². The summed E-state index contributed by atoms with van der Waals surface area (Å²) in [5.41, 5.74) is 0. The van der Waals surface area contributed by atoms with Crippen molar-refractivity contribution >= 4 is 0 Å². The second-order valence-electron chi connectivity index (χ2n) is 4.14. The summed E-state index contributed by atoms with van der Waals surface area (Å²) in [6.07, 6.45) is 0. The SMILES string of the molecule is CN1CC(CN2CCNCC2)C1. The first-order chi connectivity index (χ1) is 5.84. The molecule has 0 saturated carbocycles. The van der Waals surface area contributed by atoms with Crippen molar-refractivity contribution in [2.45, 2.75) is 0 Å². The van der Waals surface area contributed by atoms with Crippen LogP contribution in [-0.4, -0.2) is 62.7 Å². The number of piperazine rings is 1. The van der Waals surface area contributed by atoms with Gasteiger partial charge in [-0.15, -0.1) is 0 Å². The molecular weight excluding hydrogens is 150 g/mol. The summed E-state index contributed by atoms with van der Waals surface area (Å²) < 4.78 is 0. The third-order valence-electron chi connectivity index (χ3n) is 2.87. The number of nitrogens with one attached hydrogen (secondary N) is 1. The summed E-state index contributed by atoms with van der Waals surface area (Å²) in [5.74, 6) is 0.952. The summed E-state index contributed by atoms with van der Waals surface area (Å²) >= 11 is 0. The molecule has 0 aromatic heterocycles. The fraction of sp³-hybridized carbons (Fsp3) is 1.00. The molecule has 2 fully saturated rings. The van der Waals surface area contributed by atoms with Crippen LogP contribution in [0.25, 0.3) is 0 Å². The van der Waals surface area contributed by atoms with Crippen molar-refractivity contribution in [1.82, 2.24) is 15.1 Å². The Morgan fingerprint density at radius 1 is 1.25 bits per heavy atom. The minimum atomic E-state index is 0.952. The Morgan fingerprint density at radius 2 is 1.92 bits per heavy atom. The minimum Gasteiger partial charge on any atom is -0.314 e. The van der Waals surface area contributed by atoms with Crippen LogP contribution in [0.1, 0.15) is 0 Å². The zero-order valence-electron chi connectivity index (χ0n) is 7.92. The van der Waals surface area contributed by atoms with E-state index in [9.17, 15) is 0 Å². The predicted molar refractivity (Wildman–Crippen MR) is 50.3 cm³/mol. The smallest absolute Gasteiger partial charge is 0.0108 e. The Hall–Kier alpha value is -0.120. The number of hydrogen-bond donors (Lipinski definition) is 1. The number of nitrogens with zero attached hydrogens (tertiary/aromatic N) is 2.